The number of amides is 4. The number of urea groups is 1. The number of imide groups is 1. The molecule has 8 heteroatoms. The van der Waals surface area contributed by atoms with Gasteiger partial charge < -0.3 is 15.0 Å². The van der Waals surface area contributed by atoms with E-state index < -0.39 is 17.5 Å². The number of hydrogen-bond acceptors (Lipinski definition) is 4. The molecule has 1 saturated carbocycles. The minimum absolute atomic E-state index is 0.144. The van der Waals surface area contributed by atoms with E-state index in [-0.39, 0.29) is 18.5 Å². The first-order valence-corrected chi connectivity index (χ1v) is 10.9. The van der Waals surface area contributed by atoms with E-state index in [0.29, 0.717) is 12.1 Å². The van der Waals surface area contributed by atoms with Crippen molar-refractivity contribution in [3.05, 3.63) is 64.1 Å². The molecule has 0 aromatic heterocycles. The van der Waals surface area contributed by atoms with Gasteiger partial charge in [0.2, 0.25) is 5.91 Å². The number of carbonyl (C=O) groups excluding carboxylic acids is 3. The number of carbonyl (C=O) groups is 3. The molecule has 0 radical (unpaired) electrons. The van der Waals surface area contributed by atoms with Crippen LogP contribution in [0, 0.1) is 0 Å². The Bertz CT molecular complexity index is 1020. The van der Waals surface area contributed by atoms with Crippen LogP contribution in [0.1, 0.15) is 30.9 Å². The predicted molar refractivity (Wildman–Crippen MR) is 118 cm³/mol. The summed E-state index contributed by atoms with van der Waals surface area (Å²) in [6.45, 7) is 1.81. The highest BCUT2D eigenvalue weighted by Crippen LogP contribution is 2.34. The Morgan fingerprint density at radius 3 is 2.48 bits per heavy atom. The number of methoxy groups -OCH3 is 1. The Labute approximate surface area is 189 Å². The highest BCUT2D eigenvalue weighted by Gasteiger charge is 2.50. The molecule has 4 rings (SSSR count). The summed E-state index contributed by atoms with van der Waals surface area (Å²) in [5.74, 6) is 0.0786. The molecule has 0 spiro atoms. The van der Waals surface area contributed by atoms with Gasteiger partial charge in [0.25, 0.3) is 5.91 Å². The van der Waals surface area contributed by atoms with Gasteiger partial charge in [0.05, 0.1) is 7.11 Å². The molecule has 162 valence electrons. The van der Waals surface area contributed by atoms with E-state index in [9.17, 15) is 14.4 Å². The van der Waals surface area contributed by atoms with Crippen LogP contribution < -0.4 is 10.1 Å². The molecule has 2 aromatic rings. The van der Waals surface area contributed by atoms with Gasteiger partial charge in [-0.15, -0.1) is 0 Å². The van der Waals surface area contributed by atoms with Crippen molar-refractivity contribution in [3.63, 3.8) is 0 Å². The summed E-state index contributed by atoms with van der Waals surface area (Å²) in [5.41, 5.74) is 0.398. The number of benzene rings is 2. The van der Waals surface area contributed by atoms with Crippen molar-refractivity contribution in [2.24, 2.45) is 0 Å². The molecule has 1 heterocycles. The summed E-state index contributed by atoms with van der Waals surface area (Å²) in [6, 6.07) is 14.4. The number of nitrogens with one attached hydrogen (secondary N) is 1. The van der Waals surface area contributed by atoms with Crippen molar-refractivity contribution in [2.75, 3.05) is 13.7 Å². The maximum absolute atomic E-state index is 13.2. The van der Waals surface area contributed by atoms with Crippen LogP contribution in [0.25, 0.3) is 0 Å². The fraction of sp³-hybridized carbons (Fsp3) is 0.348. The van der Waals surface area contributed by atoms with E-state index in [4.69, 9.17) is 4.74 Å². The van der Waals surface area contributed by atoms with Crippen molar-refractivity contribution in [1.82, 2.24) is 15.1 Å². The van der Waals surface area contributed by atoms with Crippen LogP contribution in [0.2, 0.25) is 0 Å². The Morgan fingerprint density at radius 2 is 1.87 bits per heavy atom. The molecule has 2 fully saturated rings. The Balaban J connectivity index is 1.50. The summed E-state index contributed by atoms with van der Waals surface area (Å²) in [7, 11) is 1.61. The molecular weight excluding hydrogens is 462 g/mol. The smallest absolute Gasteiger partial charge is 0.325 e. The minimum atomic E-state index is -1.22. The Kier molecular flexibility index (Phi) is 5.75. The molecule has 1 saturated heterocycles. The monoisotopic (exact) mass is 485 g/mol. The lowest BCUT2D eigenvalue weighted by molar-refractivity contribution is -0.139. The third-order valence-electron chi connectivity index (χ3n) is 5.80. The van der Waals surface area contributed by atoms with Crippen LogP contribution in [-0.4, -0.2) is 47.3 Å². The summed E-state index contributed by atoms with van der Waals surface area (Å²) in [4.78, 5) is 41.8. The molecule has 2 aromatic carbocycles. The number of ether oxygens (including phenoxy) is 1. The zero-order valence-electron chi connectivity index (χ0n) is 17.4. The predicted octanol–water partition coefficient (Wildman–Crippen LogP) is 3.42. The fourth-order valence-corrected chi connectivity index (χ4v) is 4.53. The first-order valence-electron chi connectivity index (χ1n) is 10.1. The van der Waals surface area contributed by atoms with Gasteiger partial charge in [-0.1, -0.05) is 46.3 Å². The van der Waals surface area contributed by atoms with Gasteiger partial charge in [-0.05, 0) is 43.5 Å². The van der Waals surface area contributed by atoms with Gasteiger partial charge in [-0.2, -0.15) is 0 Å². The lowest BCUT2D eigenvalue weighted by atomic mass is 9.92. The van der Waals surface area contributed by atoms with Crippen molar-refractivity contribution in [1.29, 1.82) is 0 Å². The van der Waals surface area contributed by atoms with Crippen LogP contribution in [-0.2, 0) is 21.7 Å². The van der Waals surface area contributed by atoms with E-state index >= 15 is 0 Å². The minimum Gasteiger partial charge on any atom is -0.497 e. The van der Waals surface area contributed by atoms with Gasteiger partial charge in [-0.3, -0.25) is 14.5 Å². The van der Waals surface area contributed by atoms with Crippen molar-refractivity contribution in [2.45, 2.75) is 37.9 Å². The maximum Gasteiger partial charge on any atom is 0.325 e. The maximum atomic E-state index is 13.2. The number of nitrogens with zero attached hydrogens (tertiary/aromatic N) is 2. The zero-order chi connectivity index (χ0) is 22.2. The van der Waals surface area contributed by atoms with Gasteiger partial charge in [0.1, 0.15) is 17.8 Å². The summed E-state index contributed by atoms with van der Waals surface area (Å²) in [6.07, 6.45) is 1.85. The van der Waals surface area contributed by atoms with Crippen LogP contribution in [0.15, 0.2) is 53.0 Å². The molecule has 1 aliphatic carbocycles. The molecule has 0 bridgehead atoms. The van der Waals surface area contributed by atoms with Gasteiger partial charge in [-0.25, -0.2) is 4.79 Å². The van der Waals surface area contributed by atoms with E-state index in [1.54, 1.807) is 25.0 Å². The molecule has 1 atom stereocenters. The molecule has 7 nitrogen and oxygen atoms in total. The average molecular weight is 486 g/mol. The van der Waals surface area contributed by atoms with E-state index in [1.807, 2.05) is 42.5 Å². The standard InChI is InChI=1S/C23H24BrN3O4/c1-23(18-5-3-4-6-19(18)24)21(29)27(22(30)25-23)14-20(28)26(16-9-10-16)13-15-7-11-17(31-2)12-8-15/h3-8,11-12,16H,9-10,13-14H2,1-2H3,(H,25,30)/t23-/m0/s1. The number of hydrogen-bond donors (Lipinski definition) is 1. The van der Waals surface area contributed by atoms with Crippen molar-refractivity contribution >= 4 is 33.8 Å². The van der Waals surface area contributed by atoms with Gasteiger partial charge >= 0.3 is 6.03 Å². The molecular formula is C23H24BrN3O4. The zero-order valence-corrected chi connectivity index (χ0v) is 19.0. The molecule has 1 N–H and O–H groups in total. The van der Waals surface area contributed by atoms with Crippen molar-refractivity contribution < 1.29 is 19.1 Å². The molecule has 2 aliphatic rings. The lowest BCUT2D eigenvalue weighted by Gasteiger charge is -2.26. The van der Waals surface area contributed by atoms with E-state index in [1.165, 1.54) is 0 Å². The van der Waals surface area contributed by atoms with Gasteiger partial charge in [0.15, 0.2) is 0 Å². The van der Waals surface area contributed by atoms with Gasteiger partial charge in [0, 0.05) is 22.6 Å². The van der Waals surface area contributed by atoms with Crippen LogP contribution in [0.4, 0.5) is 4.79 Å². The van der Waals surface area contributed by atoms with Crippen molar-refractivity contribution in [3.8, 4) is 5.75 Å². The second-order valence-corrected chi connectivity index (χ2v) is 8.88. The Morgan fingerprint density at radius 1 is 1.19 bits per heavy atom. The van der Waals surface area contributed by atoms with Crippen LogP contribution in [0.3, 0.4) is 0 Å². The SMILES string of the molecule is COc1ccc(CN(C(=O)CN2C(=O)N[C@@](C)(c3ccccc3Br)C2=O)C2CC2)cc1. The third kappa shape index (κ3) is 4.17. The van der Waals surface area contributed by atoms with Crippen LogP contribution in [0.5, 0.6) is 5.75 Å². The molecule has 31 heavy (non-hydrogen) atoms. The molecule has 0 unspecified atom stereocenters. The first-order chi connectivity index (χ1) is 14.8. The largest absolute Gasteiger partial charge is 0.497 e. The van der Waals surface area contributed by atoms with E-state index in [2.05, 4.69) is 21.2 Å². The van der Waals surface area contributed by atoms with E-state index in [0.717, 1.165) is 33.5 Å². The normalized spacial score (nSPS) is 20.5. The first kappa shape index (κ1) is 21.4. The topological polar surface area (TPSA) is 79.0 Å². The second-order valence-electron chi connectivity index (χ2n) is 8.03. The highest BCUT2D eigenvalue weighted by molar-refractivity contribution is 9.10. The quantitative estimate of drug-likeness (QED) is 0.609. The fourth-order valence-electron chi connectivity index (χ4n) is 3.85. The molecule has 1 aliphatic heterocycles. The van der Waals surface area contributed by atoms with Crippen LogP contribution >= 0.6 is 15.9 Å². The lowest BCUT2D eigenvalue weighted by Crippen LogP contribution is -2.45. The summed E-state index contributed by atoms with van der Waals surface area (Å²) >= 11 is 3.45. The second kappa shape index (κ2) is 8.34. The third-order valence-corrected chi connectivity index (χ3v) is 6.49. The summed E-state index contributed by atoms with van der Waals surface area (Å²) < 4.78 is 5.91. The Hall–Kier alpha value is -2.87. The average Bonchev–Trinajstić information content (AvgIpc) is 3.57. The highest BCUT2D eigenvalue weighted by atomic mass is 79.9. The number of rotatable bonds is 7. The summed E-state index contributed by atoms with van der Waals surface area (Å²) in [5, 5.41) is 2.76. The molecule has 4 amide bonds. The number of halogens is 1.